The van der Waals surface area contributed by atoms with Crippen molar-refractivity contribution in [2.75, 3.05) is 22.5 Å². The van der Waals surface area contributed by atoms with Gasteiger partial charge in [-0.25, -0.2) is 0 Å². The average Bonchev–Trinajstić information content (AvgIpc) is 2.84. The summed E-state index contributed by atoms with van der Waals surface area (Å²) >= 11 is 0. The summed E-state index contributed by atoms with van der Waals surface area (Å²) in [6, 6.07) is 30.0. The maximum absolute atomic E-state index is 12.3. The van der Waals surface area contributed by atoms with Crippen molar-refractivity contribution in [1.82, 2.24) is 4.98 Å². The summed E-state index contributed by atoms with van der Waals surface area (Å²) in [6.07, 6.45) is 3.65. The van der Waals surface area contributed by atoms with E-state index in [0.717, 1.165) is 28.2 Å². The van der Waals surface area contributed by atoms with Gasteiger partial charge in [0.2, 0.25) is 5.91 Å². The van der Waals surface area contributed by atoms with Gasteiger partial charge in [0.15, 0.2) is 0 Å². The van der Waals surface area contributed by atoms with Crippen LogP contribution >= 0.6 is 0 Å². The van der Waals surface area contributed by atoms with Crippen LogP contribution in [0, 0.1) is 0 Å². The highest BCUT2D eigenvalue weighted by atomic mass is 16.1. The third kappa shape index (κ3) is 5.73. The van der Waals surface area contributed by atoms with Crippen molar-refractivity contribution in [3.05, 3.63) is 109 Å². The topological polar surface area (TPSA) is 66.0 Å². The number of hydrogen-bond acceptors (Lipinski definition) is 4. The Balaban J connectivity index is 1.41. The van der Waals surface area contributed by atoms with Crippen molar-refractivity contribution in [3.63, 3.8) is 0 Å². The fourth-order valence-corrected chi connectivity index (χ4v) is 3.47. The van der Waals surface area contributed by atoms with Crippen LogP contribution in [0.4, 0.5) is 17.1 Å². The number of nitrogens with one attached hydrogen (secondary N) is 3. The first kappa shape index (κ1) is 21.1. The minimum absolute atomic E-state index is 0.101. The molecule has 0 aliphatic carbocycles. The zero-order chi connectivity index (χ0) is 22.2. The van der Waals surface area contributed by atoms with Crippen LogP contribution in [0.3, 0.4) is 0 Å². The number of para-hydroxylation sites is 1. The van der Waals surface area contributed by atoms with Crippen LogP contribution < -0.4 is 16.0 Å². The number of amides is 1. The molecule has 4 rings (SSSR count). The van der Waals surface area contributed by atoms with Crippen LogP contribution in [-0.2, 0) is 4.79 Å². The summed E-state index contributed by atoms with van der Waals surface area (Å²) < 4.78 is 0. The van der Waals surface area contributed by atoms with Gasteiger partial charge < -0.3 is 16.0 Å². The third-order valence-corrected chi connectivity index (χ3v) is 5.13. The van der Waals surface area contributed by atoms with Crippen molar-refractivity contribution in [2.24, 2.45) is 0 Å². The van der Waals surface area contributed by atoms with Gasteiger partial charge in [0.05, 0.1) is 12.2 Å². The minimum Gasteiger partial charge on any atom is -0.377 e. The number of carbonyl (C=O) groups is 1. The lowest BCUT2D eigenvalue weighted by atomic mass is 10.1. The van der Waals surface area contributed by atoms with Gasteiger partial charge in [-0.05, 0) is 48.4 Å². The molecule has 160 valence electrons. The maximum atomic E-state index is 12.3. The first-order valence-electron chi connectivity index (χ1n) is 10.6. The highest BCUT2D eigenvalue weighted by Crippen LogP contribution is 2.26. The number of aromatic nitrogens is 1. The number of pyridine rings is 1. The molecule has 3 N–H and O–H groups in total. The molecule has 0 aliphatic rings. The molecule has 0 fully saturated rings. The highest BCUT2D eigenvalue weighted by molar-refractivity contribution is 5.94. The van der Waals surface area contributed by atoms with Crippen LogP contribution in [0.25, 0.3) is 11.1 Å². The predicted molar refractivity (Wildman–Crippen MR) is 132 cm³/mol. The van der Waals surface area contributed by atoms with Crippen LogP contribution in [0.2, 0.25) is 0 Å². The van der Waals surface area contributed by atoms with Crippen LogP contribution in [0.5, 0.6) is 0 Å². The fraction of sp³-hybridized carbons (Fsp3) is 0.111. The molecule has 0 unspecified atom stereocenters. The number of hydrogen-bond donors (Lipinski definition) is 3. The zero-order valence-electron chi connectivity index (χ0n) is 18.0. The Morgan fingerprint density at radius 3 is 2.25 bits per heavy atom. The Morgan fingerprint density at radius 1 is 0.781 bits per heavy atom. The Labute approximate surface area is 188 Å². The summed E-state index contributed by atoms with van der Waals surface area (Å²) in [4.78, 5) is 16.7. The Morgan fingerprint density at radius 2 is 1.47 bits per heavy atom. The molecule has 1 heterocycles. The third-order valence-electron chi connectivity index (χ3n) is 5.13. The van der Waals surface area contributed by atoms with Gasteiger partial charge in [-0.15, -0.1) is 0 Å². The molecule has 5 heteroatoms. The molecule has 5 nitrogen and oxygen atoms in total. The summed E-state index contributed by atoms with van der Waals surface area (Å²) in [5, 5.41) is 9.58. The second kappa shape index (κ2) is 10.3. The molecule has 0 bridgehead atoms. The molecule has 1 atom stereocenters. The second-order valence-electron chi connectivity index (χ2n) is 7.59. The predicted octanol–water partition coefficient (Wildman–Crippen LogP) is 5.97. The second-order valence-corrected chi connectivity index (χ2v) is 7.59. The van der Waals surface area contributed by atoms with E-state index in [1.165, 1.54) is 5.56 Å². The van der Waals surface area contributed by atoms with Crippen molar-refractivity contribution < 1.29 is 4.79 Å². The highest BCUT2D eigenvalue weighted by Gasteiger charge is 2.08. The first-order valence-corrected chi connectivity index (χ1v) is 10.6. The van der Waals surface area contributed by atoms with Gasteiger partial charge >= 0.3 is 0 Å². The van der Waals surface area contributed by atoms with E-state index in [9.17, 15) is 4.79 Å². The minimum atomic E-state index is -0.101. The number of carbonyl (C=O) groups excluding carboxylic acids is 1. The molecule has 1 aromatic heterocycles. The van der Waals surface area contributed by atoms with Crippen LogP contribution in [0.15, 0.2) is 103 Å². The van der Waals surface area contributed by atoms with Gasteiger partial charge in [-0.2, -0.15) is 0 Å². The molecule has 0 saturated carbocycles. The van der Waals surface area contributed by atoms with E-state index in [2.05, 4.69) is 46.1 Å². The van der Waals surface area contributed by atoms with E-state index >= 15 is 0 Å². The average molecular weight is 423 g/mol. The van der Waals surface area contributed by atoms with E-state index in [0.29, 0.717) is 0 Å². The number of benzene rings is 3. The lowest BCUT2D eigenvalue weighted by Crippen LogP contribution is -2.21. The van der Waals surface area contributed by atoms with Crippen molar-refractivity contribution in [1.29, 1.82) is 0 Å². The summed E-state index contributed by atoms with van der Waals surface area (Å²) in [5.41, 5.74) is 5.79. The van der Waals surface area contributed by atoms with Gasteiger partial charge in [0.1, 0.15) is 0 Å². The normalized spacial score (nSPS) is 11.4. The summed E-state index contributed by atoms with van der Waals surface area (Å²) in [5.74, 6) is -0.101. The van der Waals surface area contributed by atoms with Crippen molar-refractivity contribution in [3.8, 4) is 11.1 Å². The van der Waals surface area contributed by atoms with E-state index in [4.69, 9.17) is 0 Å². The van der Waals surface area contributed by atoms with Crippen LogP contribution in [-0.4, -0.2) is 17.4 Å². The Kier molecular flexibility index (Phi) is 6.78. The number of anilines is 3. The zero-order valence-corrected chi connectivity index (χ0v) is 18.0. The Bertz CT molecular complexity index is 1160. The molecule has 0 aliphatic heterocycles. The molecule has 32 heavy (non-hydrogen) atoms. The molecule has 0 saturated heterocycles. The van der Waals surface area contributed by atoms with E-state index in [-0.39, 0.29) is 18.5 Å². The Hall–Kier alpha value is -4.12. The van der Waals surface area contributed by atoms with E-state index < -0.39 is 0 Å². The number of nitrogens with zero attached hydrogens (tertiary/aromatic N) is 1. The smallest absolute Gasteiger partial charge is 0.243 e. The van der Waals surface area contributed by atoms with Crippen LogP contribution in [0.1, 0.15) is 18.5 Å². The monoisotopic (exact) mass is 422 g/mol. The number of rotatable bonds is 8. The fourth-order valence-electron chi connectivity index (χ4n) is 3.47. The van der Waals surface area contributed by atoms with Gasteiger partial charge in [0, 0.05) is 35.4 Å². The van der Waals surface area contributed by atoms with Gasteiger partial charge in [-0.1, -0.05) is 60.7 Å². The molecular weight excluding hydrogens is 396 g/mol. The van der Waals surface area contributed by atoms with Gasteiger partial charge in [0.25, 0.3) is 0 Å². The van der Waals surface area contributed by atoms with Crippen molar-refractivity contribution in [2.45, 2.75) is 13.0 Å². The largest absolute Gasteiger partial charge is 0.377 e. The quantitative estimate of drug-likeness (QED) is 0.327. The molecule has 0 radical (unpaired) electrons. The summed E-state index contributed by atoms with van der Waals surface area (Å²) in [7, 11) is 0. The molecule has 3 aromatic carbocycles. The van der Waals surface area contributed by atoms with E-state index in [1.54, 1.807) is 0 Å². The molecule has 4 aromatic rings. The van der Waals surface area contributed by atoms with Crippen molar-refractivity contribution >= 4 is 23.0 Å². The molecule has 0 spiro atoms. The lowest BCUT2D eigenvalue weighted by molar-refractivity contribution is -0.114. The SMILES string of the molecule is C[C@H](Nc1cncc(-c2cccc(NC(=O)CNc3ccccc3)c2)c1)c1ccccc1. The molecular formula is C27H26N4O. The standard InChI is InChI=1S/C27H26N4O/c1-20(21-9-4-2-5-10-21)30-26-16-23(17-28-18-26)22-11-8-14-25(15-22)31-27(32)19-29-24-12-6-3-7-13-24/h2-18,20,29-30H,19H2,1H3,(H,31,32)/t20-/m0/s1. The maximum Gasteiger partial charge on any atom is 0.243 e. The first-order chi connectivity index (χ1) is 15.7. The summed E-state index contributed by atoms with van der Waals surface area (Å²) in [6.45, 7) is 2.33. The molecule has 1 amide bonds. The van der Waals surface area contributed by atoms with E-state index in [1.807, 2.05) is 85.2 Å². The lowest BCUT2D eigenvalue weighted by Gasteiger charge is -2.16. The van der Waals surface area contributed by atoms with Gasteiger partial charge in [-0.3, -0.25) is 9.78 Å².